The molecule has 0 aromatic heterocycles. The van der Waals surface area contributed by atoms with E-state index in [0.717, 1.165) is 23.2 Å². The largest absolute Gasteiger partial charge is 0.378 e. The molecule has 7 heteroatoms. The number of morpholine rings is 1. The van der Waals surface area contributed by atoms with Crippen molar-refractivity contribution in [3.05, 3.63) is 56.5 Å². The van der Waals surface area contributed by atoms with Gasteiger partial charge in [-0.2, -0.15) is 0 Å². The number of hydrogen-bond acceptors (Lipinski definition) is 3. The minimum absolute atomic E-state index is 0.296. The zero-order valence-electron chi connectivity index (χ0n) is 12.7. The summed E-state index contributed by atoms with van der Waals surface area (Å²) in [7, 11) is 0. The quantitative estimate of drug-likeness (QED) is 0.758. The number of benzene rings is 2. The monoisotopic (exact) mass is 428 g/mol. The van der Waals surface area contributed by atoms with Crippen molar-refractivity contribution >= 4 is 56.4 Å². The van der Waals surface area contributed by atoms with Gasteiger partial charge in [0.15, 0.2) is 0 Å². The molecule has 126 valence electrons. The Morgan fingerprint density at radius 2 is 1.88 bits per heavy atom. The number of halogens is 3. The predicted molar refractivity (Wildman–Crippen MR) is 102 cm³/mol. The van der Waals surface area contributed by atoms with Crippen molar-refractivity contribution in [1.29, 1.82) is 0 Å². The first-order valence-electron chi connectivity index (χ1n) is 7.43. The van der Waals surface area contributed by atoms with Crippen LogP contribution in [-0.4, -0.2) is 32.2 Å². The highest BCUT2D eigenvalue weighted by molar-refractivity contribution is 9.10. The molecule has 1 aliphatic heterocycles. The van der Waals surface area contributed by atoms with E-state index in [0.29, 0.717) is 34.5 Å². The maximum absolute atomic E-state index is 12.6. The molecule has 0 spiro atoms. The molecule has 0 unspecified atom stereocenters. The van der Waals surface area contributed by atoms with Crippen LogP contribution in [0.2, 0.25) is 10.0 Å². The summed E-state index contributed by atoms with van der Waals surface area (Å²) < 4.78 is 6.28. The first-order chi connectivity index (χ1) is 11.5. The number of amides is 1. The SMILES string of the molecule is O=C(Nc1cc(Br)ccc1N1CCOCC1)c1cc(Cl)ccc1Cl. The lowest BCUT2D eigenvalue weighted by atomic mass is 10.2. The minimum atomic E-state index is -0.296. The standard InChI is InChI=1S/C17H15BrCl2N2O2/c18-11-1-4-16(22-5-7-24-8-6-22)15(9-11)21-17(23)13-10-12(19)2-3-14(13)20/h1-4,9-10H,5-8H2,(H,21,23). The summed E-state index contributed by atoms with van der Waals surface area (Å²) in [6.07, 6.45) is 0. The number of carbonyl (C=O) groups is 1. The number of carbonyl (C=O) groups excluding carboxylic acids is 1. The van der Waals surface area contributed by atoms with E-state index in [-0.39, 0.29) is 5.91 Å². The Morgan fingerprint density at radius 1 is 1.12 bits per heavy atom. The molecule has 2 aromatic rings. The highest BCUT2D eigenvalue weighted by atomic mass is 79.9. The molecule has 3 rings (SSSR count). The third-order valence-electron chi connectivity index (χ3n) is 3.73. The second-order valence-corrected chi connectivity index (χ2v) is 7.10. The third-order valence-corrected chi connectivity index (χ3v) is 4.79. The summed E-state index contributed by atoms with van der Waals surface area (Å²) in [4.78, 5) is 14.8. The van der Waals surface area contributed by atoms with Crippen LogP contribution in [0, 0.1) is 0 Å². The van der Waals surface area contributed by atoms with Gasteiger partial charge in [0.25, 0.3) is 5.91 Å². The first kappa shape index (κ1) is 17.5. The lowest BCUT2D eigenvalue weighted by Crippen LogP contribution is -2.36. The summed E-state index contributed by atoms with van der Waals surface area (Å²) >= 11 is 15.5. The Balaban J connectivity index is 1.89. The molecule has 1 heterocycles. The van der Waals surface area contributed by atoms with Crippen LogP contribution in [0.25, 0.3) is 0 Å². The second kappa shape index (κ2) is 7.74. The van der Waals surface area contributed by atoms with Gasteiger partial charge in [-0.1, -0.05) is 39.1 Å². The van der Waals surface area contributed by atoms with E-state index in [4.69, 9.17) is 27.9 Å². The Labute approximate surface area is 158 Å². The van der Waals surface area contributed by atoms with Crippen molar-refractivity contribution < 1.29 is 9.53 Å². The van der Waals surface area contributed by atoms with Crippen molar-refractivity contribution in [1.82, 2.24) is 0 Å². The Kier molecular flexibility index (Phi) is 5.66. The molecule has 0 atom stereocenters. The van der Waals surface area contributed by atoms with E-state index in [1.54, 1.807) is 18.2 Å². The zero-order valence-corrected chi connectivity index (χ0v) is 15.8. The number of nitrogens with zero attached hydrogens (tertiary/aromatic N) is 1. The Bertz CT molecular complexity index is 764. The van der Waals surface area contributed by atoms with E-state index in [1.165, 1.54) is 0 Å². The van der Waals surface area contributed by atoms with Gasteiger partial charge in [0, 0.05) is 22.6 Å². The van der Waals surface area contributed by atoms with Crippen molar-refractivity contribution in [3.63, 3.8) is 0 Å². The van der Waals surface area contributed by atoms with Crippen LogP contribution in [0.15, 0.2) is 40.9 Å². The minimum Gasteiger partial charge on any atom is -0.378 e. The number of rotatable bonds is 3. The van der Waals surface area contributed by atoms with Crippen LogP contribution in [0.5, 0.6) is 0 Å². The normalized spacial score (nSPS) is 14.5. The highest BCUT2D eigenvalue weighted by Gasteiger charge is 2.18. The van der Waals surface area contributed by atoms with Crippen molar-refractivity contribution in [2.45, 2.75) is 0 Å². The molecular weight excluding hydrogens is 415 g/mol. The van der Waals surface area contributed by atoms with Crippen molar-refractivity contribution in [2.24, 2.45) is 0 Å². The summed E-state index contributed by atoms with van der Waals surface area (Å²) in [5, 5.41) is 3.76. The molecule has 1 amide bonds. The van der Waals surface area contributed by atoms with Gasteiger partial charge in [0.05, 0.1) is 35.2 Å². The number of anilines is 2. The Morgan fingerprint density at radius 3 is 2.62 bits per heavy atom. The summed E-state index contributed by atoms with van der Waals surface area (Å²) in [5.41, 5.74) is 2.01. The second-order valence-electron chi connectivity index (χ2n) is 5.34. The van der Waals surface area contributed by atoms with E-state index in [1.807, 2.05) is 18.2 Å². The third kappa shape index (κ3) is 4.03. The van der Waals surface area contributed by atoms with Crippen LogP contribution in [0.4, 0.5) is 11.4 Å². The molecule has 1 saturated heterocycles. The molecule has 24 heavy (non-hydrogen) atoms. The molecule has 0 bridgehead atoms. The summed E-state index contributed by atoms with van der Waals surface area (Å²) in [6.45, 7) is 2.90. The molecule has 0 saturated carbocycles. The van der Waals surface area contributed by atoms with Gasteiger partial charge in [-0.25, -0.2) is 0 Å². The fraction of sp³-hybridized carbons (Fsp3) is 0.235. The molecule has 1 aliphatic rings. The lowest BCUT2D eigenvalue weighted by molar-refractivity contribution is 0.102. The maximum atomic E-state index is 12.6. The molecule has 1 N–H and O–H groups in total. The van der Waals surface area contributed by atoms with Crippen molar-refractivity contribution in [2.75, 3.05) is 36.5 Å². The molecule has 2 aromatic carbocycles. The fourth-order valence-electron chi connectivity index (χ4n) is 2.55. The van der Waals surface area contributed by atoms with E-state index < -0.39 is 0 Å². The van der Waals surface area contributed by atoms with Gasteiger partial charge in [-0.3, -0.25) is 4.79 Å². The van der Waals surface area contributed by atoms with Gasteiger partial charge >= 0.3 is 0 Å². The zero-order chi connectivity index (χ0) is 17.1. The van der Waals surface area contributed by atoms with E-state index >= 15 is 0 Å². The highest BCUT2D eigenvalue weighted by Crippen LogP contribution is 2.31. The van der Waals surface area contributed by atoms with Crippen LogP contribution in [-0.2, 0) is 4.74 Å². The van der Waals surface area contributed by atoms with Crippen LogP contribution in [0.3, 0.4) is 0 Å². The fourth-order valence-corrected chi connectivity index (χ4v) is 3.29. The molecule has 4 nitrogen and oxygen atoms in total. The molecule has 0 aliphatic carbocycles. The molecule has 0 radical (unpaired) electrons. The van der Waals surface area contributed by atoms with Crippen LogP contribution >= 0.6 is 39.1 Å². The van der Waals surface area contributed by atoms with E-state index in [2.05, 4.69) is 26.1 Å². The van der Waals surface area contributed by atoms with Gasteiger partial charge in [0.2, 0.25) is 0 Å². The van der Waals surface area contributed by atoms with Gasteiger partial charge in [-0.05, 0) is 36.4 Å². The molecule has 1 fully saturated rings. The van der Waals surface area contributed by atoms with Gasteiger partial charge in [-0.15, -0.1) is 0 Å². The van der Waals surface area contributed by atoms with Crippen LogP contribution in [0.1, 0.15) is 10.4 Å². The lowest BCUT2D eigenvalue weighted by Gasteiger charge is -2.30. The van der Waals surface area contributed by atoms with E-state index in [9.17, 15) is 4.79 Å². The summed E-state index contributed by atoms with van der Waals surface area (Å²) in [5.74, 6) is -0.296. The van der Waals surface area contributed by atoms with Gasteiger partial charge in [0.1, 0.15) is 0 Å². The van der Waals surface area contributed by atoms with Crippen molar-refractivity contribution in [3.8, 4) is 0 Å². The average molecular weight is 430 g/mol. The van der Waals surface area contributed by atoms with Gasteiger partial charge < -0.3 is 15.0 Å². The summed E-state index contributed by atoms with van der Waals surface area (Å²) in [6, 6.07) is 10.6. The first-order valence-corrected chi connectivity index (χ1v) is 8.98. The number of ether oxygens (including phenoxy) is 1. The topological polar surface area (TPSA) is 41.6 Å². The Hall–Kier alpha value is -1.27. The molecular formula is C17H15BrCl2N2O2. The smallest absolute Gasteiger partial charge is 0.257 e. The number of nitrogens with one attached hydrogen (secondary N) is 1. The van der Waals surface area contributed by atoms with Crippen LogP contribution < -0.4 is 10.2 Å². The maximum Gasteiger partial charge on any atom is 0.257 e. The average Bonchev–Trinajstić information content (AvgIpc) is 2.58. The predicted octanol–water partition coefficient (Wildman–Crippen LogP) is 4.84. The number of hydrogen-bond donors (Lipinski definition) is 1.